The molecule has 0 radical (unpaired) electrons. The van der Waals surface area contributed by atoms with Gasteiger partial charge in [0.15, 0.2) is 0 Å². The quantitative estimate of drug-likeness (QED) is 0.921. The van der Waals surface area contributed by atoms with E-state index in [1.165, 1.54) is 16.9 Å². The van der Waals surface area contributed by atoms with Crippen molar-refractivity contribution in [1.29, 1.82) is 0 Å². The number of anilines is 1. The summed E-state index contributed by atoms with van der Waals surface area (Å²) in [5.74, 6) is -0.0160. The van der Waals surface area contributed by atoms with Gasteiger partial charge >= 0.3 is 0 Å². The van der Waals surface area contributed by atoms with Crippen molar-refractivity contribution >= 4 is 22.9 Å². The molecule has 0 bridgehead atoms. The SMILES string of the molecule is COCc1nc(C)c(CC(=O)Nc2ccc(C)cc2C)s1. The Bertz CT molecular complexity index is 650. The standard InChI is InChI=1S/C16H20N2O2S/c1-10-5-6-13(11(2)7-10)18-15(19)8-14-12(3)17-16(21-14)9-20-4/h5-7H,8-9H2,1-4H3,(H,18,19). The van der Waals surface area contributed by atoms with Crippen LogP contribution in [0.4, 0.5) is 5.69 Å². The van der Waals surface area contributed by atoms with E-state index in [4.69, 9.17) is 4.74 Å². The van der Waals surface area contributed by atoms with Crippen molar-refractivity contribution in [3.05, 3.63) is 44.9 Å². The molecule has 1 aromatic heterocycles. The molecule has 1 aromatic carbocycles. The second-order valence-electron chi connectivity index (χ2n) is 5.09. The van der Waals surface area contributed by atoms with E-state index in [1.807, 2.05) is 32.9 Å². The molecule has 112 valence electrons. The van der Waals surface area contributed by atoms with E-state index in [1.54, 1.807) is 7.11 Å². The maximum Gasteiger partial charge on any atom is 0.229 e. The average Bonchev–Trinajstić information content (AvgIpc) is 2.74. The molecule has 0 saturated heterocycles. The van der Waals surface area contributed by atoms with Crippen LogP contribution in [0.1, 0.15) is 26.7 Å². The van der Waals surface area contributed by atoms with Crippen molar-refractivity contribution in [1.82, 2.24) is 4.98 Å². The van der Waals surface area contributed by atoms with Gasteiger partial charge in [0.2, 0.25) is 5.91 Å². The summed E-state index contributed by atoms with van der Waals surface area (Å²) >= 11 is 1.53. The lowest BCUT2D eigenvalue weighted by atomic mass is 10.1. The van der Waals surface area contributed by atoms with Crippen molar-refractivity contribution in [3.63, 3.8) is 0 Å². The second-order valence-corrected chi connectivity index (χ2v) is 6.26. The number of hydrogen-bond donors (Lipinski definition) is 1. The van der Waals surface area contributed by atoms with Crippen LogP contribution in [0.5, 0.6) is 0 Å². The van der Waals surface area contributed by atoms with Crippen molar-refractivity contribution in [2.24, 2.45) is 0 Å². The van der Waals surface area contributed by atoms with Gasteiger partial charge in [0.1, 0.15) is 5.01 Å². The Balaban J connectivity index is 2.04. The van der Waals surface area contributed by atoms with Gasteiger partial charge in [-0.2, -0.15) is 0 Å². The normalized spacial score (nSPS) is 10.7. The predicted octanol–water partition coefficient (Wildman–Crippen LogP) is 3.40. The number of benzene rings is 1. The molecular weight excluding hydrogens is 284 g/mol. The van der Waals surface area contributed by atoms with Gasteiger partial charge in [-0.3, -0.25) is 4.79 Å². The molecule has 0 aliphatic rings. The summed E-state index contributed by atoms with van der Waals surface area (Å²) in [4.78, 5) is 17.6. The van der Waals surface area contributed by atoms with Gasteiger partial charge in [-0.1, -0.05) is 17.7 Å². The third kappa shape index (κ3) is 4.12. The molecule has 1 heterocycles. The monoisotopic (exact) mass is 304 g/mol. The number of rotatable bonds is 5. The van der Waals surface area contributed by atoms with Crippen molar-refractivity contribution in [2.45, 2.75) is 33.8 Å². The zero-order valence-electron chi connectivity index (χ0n) is 12.8. The van der Waals surface area contributed by atoms with Gasteiger partial charge in [-0.15, -0.1) is 11.3 Å². The molecule has 1 N–H and O–H groups in total. The summed E-state index contributed by atoms with van der Waals surface area (Å²) in [7, 11) is 1.64. The fraction of sp³-hybridized carbons (Fsp3) is 0.375. The number of carbonyl (C=O) groups is 1. The Labute approximate surface area is 129 Å². The zero-order chi connectivity index (χ0) is 15.4. The number of aromatic nitrogens is 1. The highest BCUT2D eigenvalue weighted by atomic mass is 32.1. The van der Waals surface area contributed by atoms with Crippen LogP contribution in [0.2, 0.25) is 0 Å². The molecular formula is C16H20N2O2S. The van der Waals surface area contributed by atoms with Gasteiger partial charge < -0.3 is 10.1 Å². The molecule has 0 fully saturated rings. The van der Waals surface area contributed by atoms with Crippen LogP contribution < -0.4 is 5.32 Å². The summed E-state index contributed by atoms with van der Waals surface area (Å²) < 4.78 is 5.07. The minimum atomic E-state index is -0.0160. The van der Waals surface area contributed by atoms with Crippen LogP contribution in [0.3, 0.4) is 0 Å². The second kappa shape index (κ2) is 6.83. The fourth-order valence-corrected chi connectivity index (χ4v) is 3.17. The van der Waals surface area contributed by atoms with Crippen LogP contribution in [0, 0.1) is 20.8 Å². The lowest BCUT2D eigenvalue weighted by molar-refractivity contribution is -0.115. The Morgan fingerprint density at radius 1 is 1.33 bits per heavy atom. The minimum absolute atomic E-state index is 0.0160. The van der Waals surface area contributed by atoms with E-state index >= 15 is 0 Å². The molecule has 0 saturated carbocycles. The number of nitrogens with one attached hydrogen (secondary N) is 1. The average molecular weight is 304 g/mol. The Kier molecular flexibility index (Phi) is 5.09. The van der Waals surface area contributed by atoms with Gasteiger partial charge in [-0.05, 0) is 32.4 Å². The van der Waals surface area contributed by atoms with Gasteiger partial charge in [0, 0.05) is 17.7 Å². The third-order valence-corrected chi connectivity index (χ3v) is 4.31. The number of ether oxygens (including phenoxy) is 1. The largest absolute Gasteiger partial charge is 0.378 e. The third-order valence-electron chi connectivity index (χ3n) is 3.18. The molecule has 2 aromatic rings. The maximum atomic E-state index is 12.2. The van der Waals surface area contributed by atoms with Crippen molar-refractivity contribution < 1.29 is 9.53 Å². The topological polar surface area (TPSA) is 51.2 Å². The molecule has 0 unspecified atom stereocenters. The molecule has 0 aliphatic heterocycles. The van der Waals surface area contributed by atoms with E-state index in [-0.39, 0.29) is 5.91 Å². The lowest BCUT2D eigenvalue weighted by Gasteiger charge is -2.08. The number of carbonyl (C=O) groups excluding carboxylic acids is 1. The molecule has 0 atom stereocenters. The first-order valence-electron chi connectivity index (χ1n) is 6.81. The number of hydrogen-bond acceptors (Lipinski definition) is 4. The highest BCUT2D eigenvalue weighted by Gasteiger charge is 2.12. The zero-order valence-corrected chi connectivity index (χ0v) is 13.6. The highest BCUT2D eigenvalue weighted by molar-refractivity contribution is 7.11. The summed E-state index contributed by atoms with van der Waals surface area (Å²) in [6, 6.07) is 6.00. The predicted molar refractivity (Wildman–Crippen MR) is 85.8 cm³/mol. The fourth-order valence-electron chi connectivity index (χ4n) is 2.13. The van der Waals surface area contributed by atoms with Crippen molar-refractivity contribution in [2.75, 3.05) is 12.4 Å². The number of thiazole rings is 1. The van der Waals surface area contributed by atoms with Crippen LogP contribution >= 0.6 is 11.3 Å². The summed E-state index contributed by atoms with van der Waals surface area (Å²) in [6.07, 6.45) is 0.348. The molecule has 4 nitrogen and oxygen atoms in total. The first kappa shape index (κ1) is 15.7. The van der Waals surface area contributed by atoms with Crippen LogP contribution in [0.15, 0.2) is 18.2 Å². The number of amides is 1. The first-order valence-corrected chi connectivity index (χ1v) is 7.62. The molecule has 0 aliphatic carbocycles. The van der Waals surface area contributed by atoms with Crippen LogP contribution in [-0.2, 0) is 22.6 Å². The molecule has 0 spiro atoms. The summed E-state index contributed by atoms with van der Waals surface area (Å²) in [5, 5.41) is 3.87. The Hall–Kier alpha value is -1.72. The summed E-state index contributed by atoms with van der Waals surface area (Å²) in [5.41, 5.74) is 4.03. The smallest absolute Gasteiger partial charge is 0.229 e. The number of aryl methyl sites for hydroxylation is 3. The lowest BCUT2D eigenvalue weighted by Crippen LogP contribution is -2.15. The van der Waals surface area contributed by atoms with E-state index in [0.29, 0.717) is 13.0 Å². The summed E-state index contributed by atoms with van der Waals surface area (Å²) in [6.45, 7) is 6.45. The Morgan fingerprint density at radius 3 is 2.76 bits per heavy atom. The minimum Gasteiger partial charge on any atom is -0.378 e. The van der Waals surface area contributed by atoms with Crippen LogP contribution in [-0.4, -0.2) is 18.0 Å². The highest BCUT2D eigenvalue weighted by Crippen LogP contribution is 2.21. The van der Waals surface area contributed by atoms with Crippen LogP contribution in [0.25, 0.3) is 0 Å². The van der Waals surface area contributed by atoms with E-state index in [0.717, 1.165) is 26.8 Å². The van der Waals surface area contributed by atoms with E-state index in [9.17, 15) is 4.79 Å². The first-order chi connectivity index (χ1) is 9.99. The number of methoxy groups -OCH3 is 1. The van der Waals surface area contributed by atoms with E-state index < -0.39 is 0 Å². The van der Waals surface area contributed by atoms with Gasteiger partial charge in [0.25, 0.3) is 0 Å². The van der Waals surface area contributed by atoms with Crippen molar-refractivity contribution in [3.8, 4) is 0 Å². The van der Waals surface area contributed by atoms with Gasteiger partial charge in [0.05, 0.1) is 18.7 Å². The van der Waals surface area contributed by atoms with Gasteiger partial charge in [-0.25, -0.2) is 4.98 Å². The number of nitrogens with zero attached hydrogens (tertiary/aromatic N) is 1. The molecule has 2 rings (SSSR count). The molecule has 5 heteroatoms. The maximum absolute atomic E-state index is 12.2. The molecule has 21 heavy (non-hydrogen) atoms. The Morgan fingerprint density at radius 2 is 2.10 bits per heavy atom. The van der Waals surface area contributed by atoms with E-state index in [2.05, 4.69) is 16.4 Å². The molecule has 1 amide bonds.